The van der Waals surface area contributed by atoms with Gasteiger partial charge in [0.15, 0.2) is 0 Å². The van der Waals surface area contributed by atoms with Crippen molar-refractivity contribution in [3.8, 4) is 5.75 Å². The number of aromatic nitrogens is 1. The van der Waals surface area contributed by atoms with Crippen molar-refractivity contribution >= 4 is 34.9 Å². The van der Waals surface area contributed by atoms with Gasteiger partial charge >= 0.3 is 0 Å². The monoisotopic (exact) mass is 427 g/mol. The summed E-state index contributed by atoms with van der Waals surface area (Å²) in [6, 6.07) is 13.7. The highest BCUT2D eigenvalue weighted by Gasteiger charge is 2.11. The average molecular weight is 428 g/mol. The Morgan fingerprint density at radius 2 is 1.83 bits per heavy atom. The number of nitrogens with one attached hydrogen (secondary N) is 2. The molecule has 0 fully saturated rings. The van der Waals surface area contributed by atoms with E-state index in [0.29, 0.717) is 30.6 Å². The van der Waals surface area contributed by atoms with Crippen LogP contribution in [-0.4, -0.2) is 35.0 Å². The first-order valence-corrected chi connectivity index (χ1v) is 11.0. The fourth-order valence-corrected chi connectivity index (χ4v) is 4.19. The van der Waals surface area contributed by atoms with Crippen LogP contribution in [0.5, 0.6) is 5.75 Å². The van der Waals surface area contributed by atoms with Gasteiger partial charge in [0.05, 0.1) is 16.8 Å². The van der Waals surface area contributed by atoms with Crippen LogP contribution in [0.25, 0.3) is 0 Å². The summed E-state index contributed by atoms with van der Waals surface area (Å²) in [5.74, 6) is 0.382. The number of phenolic OH excluding ortho intramolecular Hbond substituents is 1. The van der Waals surface area contributed by atoms with E-state index in [-0.39, 0.29) is 17.6 Å². The van der Waals surface area contributed by atoms with Crippen LogP contribution in [-0.2, 0) is 5.75 Å². The van der Waals surface area contributed by atoms with Crippen LogP contribution in [0.4, 0.5) is 0 Å². The second kappa shape index (κ2) is 10.6. The number of thiazole rings is 1. The normalized spacial score (nSPS) is 10.5. The maximum absolute atomic E-state index is 12.5. The van der Waals surface area contributed by atoms with Crippen LogP contribution >= 0.6 is 23.1 Å². The zero-order chi connectivity index (χ0) is 20.5. The number of nitrogens with zero attached hydrogens (tertiary/aromatic N) is 1. The van der Waals surface area contributed by atoms with Gasteiger partial charge in [-0.1, -0.05) is 18.2 Å². The molecule has 2 aromatic carbocycles. The Labute approximate surface area is 177 Å². The summed E-state index contributed by atoms with van der Waals surface area (Å²) in [5.41, 5.74) is 3.84. The molecule has 3 aromatic rings. The van der Waals surface area contributed by atoms with E-state index in [1.807, 2.05) is 29.6 Å². The lowest BCUT2D eigenvalue weighted by Gasteiger charge is -2.10. The number of rotatable bonds is 9. The van der Waals surface area contributed by atoms with E-state index in [1.165, 1.54) is 12.1 Å². The molecule has 0 atom stereocenters. The number of amides is 2. The van der Waals surface area contributed by atoms with Gasteiger partial charge in [-0.2, -0.15) is 0 Å². The second-order valence-corrected chi connectivity index (χ2v) is 7.92. The molecule has 29 heavy (non-hydrogen) atoms. The molecular formula is C21H21N3O3S2. The Morgan fingerprint density at radius 3 is 2.59 bits per heavy atom. The smallest absolute Gasteiger partial charge is 0.252 e. The third-order valence-corrected chi connectivity index (χ3v) is 5.77. The summed E-state index contributed by atoms with van der Waals surface area (Å²) >= 11 is 3.14. The van der Waals surface area contributed by atoms with Crippen LogP contribution in [0, 0.1) is 0 Å². The molecule has 150 valence electrons. The molecule has 0 aliphatic rings. The predicted molar refractivity (Wildman–Crippen MR) is 116 cm³/mol. The van der Waals surface area contributed by atoms with Crippen LogP contribution < -0.4 is 10.6 Å². The molecule has 0 saturated carbocycles. The summed E-state index contributed by atoms with van der Waals surface area (Å²) in [6.07, 6.45) is 0.602. The first-order chi connectivity index (χ1) is 14.1. The summed E-state index contributed by atoms with van der Waals surface area (Å²) in [5, 5.41) is 17.1. The third kappa shape index (κ3) is 6.33. The summed E-state index contributed by atoms with van der Waals surface area (Å²) in [4.78, 5) is 29.7. The standard InChI is InChI=1S/C21H21N3O3S2/c25-17-6-3-5-15(11-17)20(26)22-9-4-10-23-21(27)18-7-1-2-8-19(18)29-13-16-12-28-14-24-16/h1-3,5-8,11-12,14,25H,4,9-10,13H2,(H,22,26)(H,23,27). The molecule has 0 saturated heterocycles. The van der Waals surface area contributed by atoms with Crippen LogP contribution in [0.3, 0.4) is 0 Å². The fraction of sp³-hybridized carbons (Fsp3) is 0.190. The quantitative estimate of drug-likeness (QED) is 0.358. The van der Waals surface area contributed by atoms with Gasteiger partial charge in [0.2, 0.25) is 0 Å². The van der Waals surface area contributed by atoms with E-state index in [4.69, 9.17) is 0 Å². The molecule has 0 spiro atoms. The molecule has 0 aliphatic heterocycles. The molecule has 2 amide bonds. The van der Waals surface area contributed by atoms with E-state index < -0.39 is 0 Å². The summed E-state index contributed by atoms with van der Waals surface area (Å²) in [6.45, 7) is 0.874. The lowest BCUT2D eigenvalue weighted by molar-refractivity contribution is 0.0949. The van der Waals surface area contributed by atoms with Crippen molar-refractivity contribution < 1.29 is 14.7 Å². The maximum atomic E-state index is 12.5. The lowest BCUT2D eigenvalue weighted by atomic mass is 10.2. The molecule has 3 rings (SSSR count). The molecule has 3 N–H and O–H groups in total. The minimum absolute atomic E-state index is 0.0521. The zero-order valence-corrected chi connectivity index (χ0v) is 17.3. The first-order valence-electron chi connectivity index (χ1n) is 9.08. The Kier molecular flexibility index (Phi) is 7.66. The van der Waals surface area contributed by atoms with Gasteiger partial charge < -0.3 is 15.7 Å². The molecule has 0 bridgehead atoms. The molecule has 1 aromatic heterocycles. The Balaban J connectivity index is 1.43. The minimum Gasteiger partial charge on any atom is -0.508 e. The number of benzene rings is 2. The van der Waals surface area contributed by atoms with Crippen molar-refractivity contribution in [2.75, 3.05) is 13.1 Å². The Hall–Kier alpha value is -2.84. The number of hydrogen-bond acceptors (Lipinski definition) is 6. The van der Waals surface area contributed by atoms with Crippen molar-refractivity contribution in [2.45, 2.75) is 17.1 Å². The highest BCUT2D eigenvalue weighted by molar-refractivity contribution is 7.98. The number of thioether (sulfide) groups is 1. The average Bonchev–Trinajstić information content (AvgIpc) is 3.25. The van der Waals surface area contributed by atoms with Crippen molar-refractivity contribution in [1.29, 1.82) is 0 Å². The summed E-state index contributed by atoms with van der Waals surface area (Å²) in [7, 11) is 0. The number of aromatic hydroxyl groups is 1. The number of phenols is 1. The van der Waals surface area contributed by atoms with Gasteiger partial charge in [0.25, 0.3) is 11.8 Å². The Morgan fingerprint density at radius 1 is 1.03 bits per heavy atom. The fourth-order valence-electron chi connectivity index (χ4n) is 2.58. The van der Waals surface area contributed by atoms with Crippen LogP contribution in [0.2, 0.25) is 0 Å². The third-order valence-electron chi connectivity index (χ3n) is 4.02. The molecule has 0 unspecified atom stereocenters. The van der Waals surface area contributed by atoms with Crippen LogP contribution in [0.1, 0.15) is 32.8 Å². The van der Waals surface area contributed by atoms with Gasteiger partial charge in [-0.25, -0.2) is 4.98 Å². The molecule has 1 heterocycles. The van der Waals surface area contributed by atoms with Gasteiger partial charge in [0.1, 0.15) is 5.75 Å². The maximum Gasteiger partial charge on any atom is 0.252 e. The molecule has 8 heteroatoms. The lowest BCUT2D eigenvalue weighted by Crippen LogP contribution is -2.30. The van der Waals surface area contributed by atoms with Gasteiger partial charge in [0, 0.05) is 34.7 Å². The summed E-state index contributed by atoms with van der Waals surface area (Å²) < 4.78 is 0. The SMILES string of the molecule is O=C(NCCCNC(=O)c1ccccc1SCc1cscn1)c1cccc(O)c1. The molecule has 0 radical (unpaired) electrons. The topological polar surface area (TPSA) is 91.3 Å². The minimum atomic E-state index is -0.254. The molecule has 6 nitrogen and oxygen atoms in total. The van der Waals surface area contributed by atoms with E-state index in [9.17, 15) is 14.7 Å². The molecular weight excluding hydrogens is 406 g/mol. The first kappa shape index (κ1) is 20.9. The van der Waals surface area contributed by atoms with Crippen molar-refractivity contribution in [1.82, 2.24) is 15.6 Å². The number of hydrogen-bond donors (Lipinski definition) is 3. The van der Waals surface area contributed by atoms with Crippen molar-refractivity contribution in [3.05, 3.63) is 76.2 Å². The van der Waals surface area contributed by atoms with Crippen molar-refractivity contribution in [3.63, 3.8) is 0 Å². The van der Waals surface area contributed by atoms with E-state index in [2.05, 4.69) is 15.6 Å². The van der Waals surface area contributed by atoms with Gasteiger partial charge in [-0.05, 0) is 36.8 Å². The second-order valence-electron chi connectivity index (χ2n) is 6.18. The molecule has 0 aliphatic carbocycles. The highest BCUT2D eigenvalue weighted by Crippen LogP contribution is 2.26. The highest BCUT2D eigenvalue weighted by atomic mass is 32.2. The Bertz CT molecular complexity index is 961. The van der Waals surface area contributed by atoms with Gasteiger partial charge in [-0.3, -0.25) is 9.59 Å². The predicted octanol–water partition coefficient (Wildman–Crippen LogP) is 3.69. The number of carbonyl (C=O) groups excluding carboxylic acids is 2. The zero-order valence-electron chi connectivity index (χ0n) is 15.6. The largest absolute Gasteiger partial charge is 0.508 e. The van der Waals surface area contributed by atoms with Crippen molar-refractivity contribution in [2.24, 2.45) is 0 Å². The van der Waals surface area contributed by atoms with Crippen LogP contribution in [0.15, 0.2) is 64.3 Å². The van der Waals surface area contributed by atoms with E-state index >= 15 is 0 Å². The number of carbonyl (C=O) groups is 2. The van der Waals surface area contributed by atoms with Gasteiger partial charge in [-0.15, -0.1) is 23.1 Å². The van der Waals surface area contributed by atoms with E-state index in [1.54, 1.807) is 40.7 Å². The van der Waals surface area contributed by atoms with E-state index in [0.717, 1.165) is 16.3 Å².